The lowest BCUT2D eigenvalue weighted by Crippen LogP contribution is -2.14. The van der Waals surface area contributed by atoms with Crippen LogP contribution >= 0.6 is 23.2 Å². The summed E-state index contributed by atoms with van der Waals surface area (Å²) in [6.45, 7) is 0. The largest absolute Gasteiger partial charge is 0.419 e. The first kappa shape index (κ1) is 16.8. The number of halogens is 2. The van der Waals surface area contributed by atoms with Gasteiger partial charge in [0.1, 0.15) is 5.15 Å². The van der Waals surface area contributed by atoms with Gasteiger partial charge in [0.05, 0.1) is 10.6 Å². The summed E-state index contributed by atoms with van der Waals surface area (Å²) in [6.07, 6.45) is 1.21. The van der Waals surface area contributed by atoms with Gasteiger partial charge in [-0.2, -0.15) is 8.42 Å². The van der Waals surface area contributed by atoms with Crippen molar-refractivity contribution in [2.75, 3.05) is 0 Å². The highest BCUT2D eigenvalue weighted by Crippen LogP contribution is 2.32. The highest BCUT2D eigenvalue weighted by molar-refractivity contribution is 7.86. The van der Waals surface area contributed by atoms with E-state index in [-0.39, 0.29) is 22.5 Å². The molecule has 3 rings (SSSR count). The number of benzene rings is 1. The zero-order chi connectivity index (χ0) is 17.3. The molecule has 2 heterocycles. The van der Waals surface area contributed by atoms with Crippen LogP contribution in [0.5, 0.6) is 0 Å². The standard InChI is InChI=1S/C14H9Cl2N3O4S/c15-10-4-2-1-3-9(10)13-18-19-14(23-13)12(24(20,21)22)8-5-6-11(16)17-7-8/h1-7,12H,(H,20,21,22). The number of hydrogen-bond acceptors (Lipinski definition) is 6. The van der Waals surface area contributed by atoms with E-state index < -0.39 is 15.4 Å². The molecule has 124 valence electrons. The van der Waals surface area contributed by atoms with Gasteiger partial charge in [0.2, 0.25) is 11.8 Å². The number of hydrogen-bond donors (Lipinski definition) is 1. The van der Waals surface area contributed by atoms with Gasteiger partial charge < -0.3 is 4.42 Å². The first-order valence-corrected chi connectivity index (χ1v) is 8.78. The quantitative estimate of drug-likeness (QED) is 0.541. The van der Waals surface area contributed by atoms with Gasteiger partial charge in [-0.05, 0) is 18.2 Å². The Hall–Kier alpha value is -2.00. The molecule has 10 heteroatoms. The van der Waals surface area contributed by atoms with Crippen molar-refractivity contribution >= 4 is 33.3 Å². The van der Waals surface area contributed by atoms with Gasteiger partial charge in [-0.15, -0.1) is 10.2 Å². The van der Waals surface area contributed by atoms with Crippen LogP contribution in [0.1, 0.15) is 16.7 Å². The Labute approximate surface area is 147 Å². The molecule has 7 nitrogen and oxygen atoms in total. The molecule has 2 aromatic heterocycles. The second-order valence-corrected chi connectivity index (χ2v) is 7.03. The molecular weight excluding hydrogens is 377 g/mol. The minimum Gasteiger partial charge on any atom is -0.419 e. The lowest BCUT2D eigenvalue weighted by Gasteiger charge is -2.09. The molecule has 1 atom stereocenters. The predicted molar refractivity (Wildman–Crippen MR) is 87.4 cm³/mol. The molecular formula is C14H9Cl2N3O4S. The zero-order valence-corrected chi connectivity index (χ0v) is 14.1. The van der Waals surface area contributed by atoms with Crippen LogP contribution in [0.4, 0.5) is 0 Å². The molecule has 0 radical (unpaired) electrons. The summed E-state index contributed by atoms with van der Waals surface area (Å²) in [5, 5.41) is 6.49. The summed E-state index contributed by atoms with van der Waals surface area (Å²) in [6, 6.07) is 9.50. The van der Waals surface area contributed by atoms with Crippen LogP contribution in [-0.4, -0.2) is 28.2 Å². The Morgan fingerprint density at radius 2 is 1.83 bits per heavy atom. The third kappa shape index (κ3) is 3.41. The van der Waals surface area contributed by atoms with E-state index in [4.69, 9.17) is 27.6 Å². The molecule has 0 bridgehead atoms. The second kappa shape index (κ2) is 6.48. The number of aromatic nitrogens is 3. The van der Waals surface area contributed by atoms with Crippen molar-refractivity contribution < 1.29 is 17.4 Å². The molecule has 3 aromatic rings. The molecule has 24 heavy (non-hydrogen) atoms. The van der Waals surface area contributed by atoms with Crippen LogP contribution in [0.25, 0.3) is 11.5 Å². The maximum atomic E-state index is 11.8. The minimum absolute atomic E-state index is 0.0335. The molecule has 0 aliphatic carbocycles. The fourth-order valence-electron chi connectivity index (χ4n) is 2.07. The van der Waals surface area contributed by atoms with Crippen molar-refractivity contribution in [2.45, 2.75) is 5.25 Å². The van der Waals surface area contributed by atoms with Gasteiger partial charge in [-0.25, -0.2) is 4.98 Å². The highest BCUT2D eigenvalue weighted by Gasteiger charge is 2.33. The molecule has 1 unspecified atom stereocenters. The van der Waals surface area contributed by atoms with Crippen molar-refractivity contribution in [1.29, 1.82) is 0 Å². The van der Waals surface area contributed by atoms with Gasteiger partial charge in [-0.1, -0.05) is 41.4 Å². The summed E-state index contributed by atoms with van der Waals surface area (Å²) in [7, 11) is -4.58. The minimum atomic E-state index is -4.58. The summed E-state index contributed by atoms with van der Waals surface area (Å²) in [5.74, 6) is -0.275. The molecule has 0 amide bonds. The van der Waals surface area contributed by atoms with E-state index in [1.807, 2.05) is 0 Å². The van der Waals surface area contributed by atoms with Crippen molar-refractivity contribution in [2.24, 2.45) is 0 Å². The van der Waals surface area contributed by atoms with Crippen LogP contribution < -0.4 is 0 Å². The van der Waals surface area contributed by atoms with Gasteiger partial charge in [0.25, 0.3) is 10.1 Å². The fourth-order valence-corrected chi connectivity index (χ4v) is 3.23. The lowest BCUT2D eigenvalue weighted by atomic mass is 10.2. The Morgan fingerprint density at radius 3 is 2.46 bits per heavy atom. The topological polar surface area (TPSA) is 106 Å². The molecule has 1 aromatic carbocycles. The van der Waals surface area contributed by atoms with E-state index >= 15 is 0 Å². The van der Waals surface area contributed by atoms with E-state index in [1.54, 1.807) is 24.3 Å². The molecule has 1 N–H and O–H groups in total. The molecule has 0 aliphatic heterocycles. The summed E-state index contributed by atoms with van der Waals surface area (Å²) in [4.78, 5) is 3.80. The van der Waals surface area contributed by atoms with E-state index in [2.05, 4.69) is 15.2 Å². The van der Waals surface area contributed by atoms with Crippen LogP contribution in [0.2, 0.25) is 10.2 Å². The maximum Gasteiger partial charge on any atom is 0.281 e. The van der Waals surface area contributed by atoms with Gasteiger partial charge in [-0.3, -0.25) is 4.55 Å². The number of rotatable bonds is 4. The first-order valence-electron chi connectivity index (χ1n) is 6.52. The summed E-state index contributed by atoms with van der Waals surface area (Å²) < 4.78 is 38.5. The fraction of sp³-hybridized carbons (Fsp3) is 0.0714. The second-order valence-electron chi connectivity index (χ2n) is 4.73. The van der Waals surface area contributed by atoms with Gasteiger partial charge in [0, 0.05) is 11.8 Å². The third-order valence-corrected chi connectivity index (χ3v) is 4.74. The van der Waals surface area contributed by atoms with Crippen LogP contribution in [0.15, 0.2) is 47.0 Å². The lowest BCUT2D eigenvalue weighted by molar-refractivity contribution is 0.451. The van der Waals surface area contributed by atoms with Crippen LogP contribution in [-0.2, 0) is 10.1 Å². The monoisotopic (exact) mass is 385 g/mol. The molecule has 0 aliphatic rings. The number of pyridine rings is 1. The van der Waals surface area contributed by atoms with E-state index in [9.17, 15) is 13.0 Å². The van der Waals surface area contributed by atoms with E-state index in [1.165, 1.54) is 18.3 Å². The Morgan fingerprint density at radius 1 is 1.08 bits per heavy atom. The molecule has 0 saturated heterocycles. The summed E-state index contributed by atoms with van der Waals surface area (Å²) in [5.41, 5.74) is 0.581. The van der Waals surface area contributed by atoms with Crippen LogP contribution in [0.3, 0.4) is 0 Å². The van der Waals surface area contributed by atoms with Crippen molar-refractivity contribution in [1.82, 2.24) is 15.2 Å². The number of nitrogens with zero attached hydrogens (tertiary/aromatic N) is 3. The van der Waals surface area contributed by atoms with E-state index in [0.717, 1.165) is 0 Å². The Bertz CT molecular complexity index is 974. The first-order chi connectivity index (χ1) is 11.4. The van der Waals surface area contributed by atoms with E-state index in [0.29, 0.717) is 10.6 Å². The SMILES string of the molecule is O=S(=O)(O)C(c1ccc(Cl)nc1)c1nnc(-c2ccccc2Cl)o1. The average Bonchev–Trinajstić information content (AvgIpc) is 2.98. The molecule has 0 fully saturated rings. The molecule has 0 spiro atoms. The normalized spacial score (nSPS) is 13.0. The van der Waals surface area contributed by atoms with Crippen LogP contribution in [0, 0.1) is 0 Å². The Kier molecular flexibility index (Phi) is 4.55. The third-order valence-electron chi connectivity index (χ3n) is 3.12. The van der Waals surface area contributed by atoms with Gasteiger partial charge >= 0.3 is 0 Å². The maximum absolute atomic E-state index is 11.8. The smallest absolute Gasteiger partial charge is 0.281 e. The zero-order valence-electron chi connectivity index (χ0n) is 11.8. The average molecular weight is 386 g/mol. The highest BCUT2D eigenvalue weighted by atomic mass is 35.5. The predicted octanol–water partition coefficient (Wildman–Crippen LogP) is 3.42. The van der Waals surface area contributed by atoms with Crippen molar-refractivity contribution in [3.63, 3.8) is 0 Å². The van der Waals surface area contributed by atoms with Gasteiger partial charge in [0.15, 0.2) is 5.25 Å². The van der Waals surface area contributed by atoms with Crippen molar-refractivity contribution in [3.8, 4) is 11.5 Å². The summed E-state index contributed by atoms with van der Waals surface area (Å²) >= 11 is 11.7. The Balaban J connectivity index is 2.08. The van der Waals surface area contributed by atoms with Crippen molar-refractivity contribution in [3.05, 3.63) is 64.2 Å². The molecule has 0 saturated carbocycles.